The van der Waals surface area contributed by atoms with Gasteiger partial charge in [-0.05, 0) is 31.9 Å². The Morgan fingerprint density at radius 3 is 2.67 bits per heavy atom. The second kappa shape index (κ2) is 10.3. The molecular formula is C20H26FN5O. The molecule has 0 atom stereocenters. The lowest BCUT2D eigenvalue weighted by atomic mass is 9.99. The highest BCUT2D eigenvalue weighted by Crippen LogP contribution is 2.22. The van der Waals surface area contributed by atoms with Crippen molar-refractivity contribution in [3.63, 3.8) is 0 Å². The molecule has 1 aromatic carbocycles. The Morgan fingerprint density at radius 2 is 2.04 bits per heavy atom. The van der Waals surface area contributed by atoms with Crippen LogP contribution in [0.3, 0.4) is 0 Å². The van der Waals surface area contributed by atoms with E-state index in [0.717, 1.165) is 24.3 Å². The van der Waals surface area contributed by atoms with E-state index in [1.807, 2.05) is 19.1 Å². The molecule has 0 aliphatic carbocycles. The zero-order valence-corrected chi connectivity index (χ0v) is 16.1. The Hall–Kier alpha value is -2.88. The highest BCUT2D eigenvalue weighted by atomic mass is 19.1. The van der Waals surface area contributed by atoms with E-state index in [4.69, 9.17) is 9.78 Å². The summed E-state index contributed by atoms with van der Waals surface area (Å²) in [5, 5.41) is 19.2. The summed E-state index contributed by atoms with van der Waals surface area (Å²) in [5.74, 6) is 1.26. The van der Waals surface area contributed by atoms with E-state index in [1.165, 1.54) is 6.07 Å². The molecule has 0 saturated heterocycles. The number of aliphatic imine (C=N–C) groups is 1. The molecule has 6 nitrogen and oxygen atoms in total. The monoisotopic (exact) mass is 371 g/mol. The lowest BCUT2D eigenvalue weighted by Gasteiger charge is -2.10. The third-order valence-corrected chi connectivity index (χ3v) is 4.35. The second-order valence-corrected chi connectivity index (χ2v) is 6.20. The summed E-state index contributed by atoms with van der Waals surface area (Å²) < 4.78 is 19.4. The summed E-state index contributed by atoms with van der Waals surface area (Å²) in [6.45, 7) is 7.52. The van der Waals surface area contributed by atoms with E-state index in [2.05, 4.69) is 34.6 Å². The lowest BCUT2D eigenvalue weighted by Crippen LogP contribution is -2.36. The first-order chi connectivity index (χ1) is 13.1. The zero-order chi connectivity index (χ0) is 19.6. The number of nitrogens with zero attached hydrogens (tertiary/aromatic N) is 3. The Morgan fingerprint density at radius 1 is 1.26 bits per heavy atom. The number of rotatable bonds is 8. The predicted octanol–water partition coefficient (Wildman–Crippen LogP) is 3.84. The van der Waals surface area contributed by atoms with Crippen molar-refractivity contribution < 1.29 is 8.91 Å². The summed E-state index contributed by atoms with van der Waals surface area (Å²) in [4.78, 5) is 4.40. The van der Waals surface area contributed by atoms with Crippen LogP contribution in [0.2, 0.25) is 0 Å². The minimum atomic E-state index is -0.432. The third kappa shape index (κ3) is 5.81. The van der Waals surface area contributed by atoms with E-state index in [9.17, 15) is 4.39 Å². The normalized spacial score (nSPS) is 11.5. The summed E-state index contributed by atoms with van der Waals surface area (Å²) >= 11 is 0. The van der Waals surface area contributed by atoms with E-state index in [1.54, 1.807) is 12.1 Å². The number of guanidine groups is 1. The SMILES string of the molecule is CCNC(=NCc1ccc(C#N)cc1F)NCc1cc(C(CC)CC)no1. The minimum absolute atomic E-state index is 0.169. The minimum Gasteiger partial charge on any atom is -0.359 e. The summed E-state index contributed by atoms with van der Waals surface area (Å²) in [6.07, 6.45) is 2.05. The van der Waals surface area contributed by atoms with Crippen LogP contribution in [0.25, 0.3) is 0 Å². The van der Waals surface area contributed by atoms with Gasteiger partial charge >= 0.3 is 0 Å². The third-order valence-electron chi connectivity index (χ3n) is 4.35. The van der Waals surface area contributed by atoms with Gasteiger partial charge in [-0.2, -0.15) is 5.26 Å². The number of aromatic nitrogens is 1. The number of nitrogens with one attached hydrogen (secondary N) is 2. The van der Waals surface area contributed by atoms with E-state index < -0.39 is 5.82 Å². The molecule has 0 spiro atoms. The van der Waals surface area contributed by atoms with Crippen LogP contribution in [0.5, 0.6) is 0 Å². The van der Waals surface area contributed by atoms with Gasteiger partial charge in [-0.1, -0.05) is 25.1 Å². The van der Waals surface area contributed by atoms with Crippen molar-refractivity contribution >= 4 is 5.96 Å². The quantitative estimate of drug-likeness (QED) is 0.544. The molecule has 0 radical (unpaired) electrons. The molecular weight excluding hydrogens is 345 g/mol. The fourth-order valence-electron chi connectivity index (χ4n) is 2.73. The lowest BCUT2D eigenvalue weighted by molar-refractivity contribution is 0.368. The van der Waals surface area contributed by atoms with Crippen LogP contribution in [0, 0.1) is 17.1 Å². The molecule has 2 rings (SSSR count). The molecule has 0 saturated carbocycles. The average molecular weight is 371 g/mol. The number of hydrogen-bond donors (Lipinski definition) is 2. The van der Waals surface area contributed by atoms with Gasteiger partial charge in [0.25, 0.3) is 0 Å². The summed E-state index contributed by atoms with van der Waals surface area (Å²) in [6, 6.07) is 8.28. The van der Waals surface area contributed by atoms with Gasteiger partial charge in [-0.15, -0.1) is 0 Å². The number of benzene rings is 1. The summed E-state index contributed by atoms with van der Waals surface area (Å²) in [7, 11) is 0. The largest absolute Gasteiger partial charge is 0.359 e. The Bertz CT molecular complexity index is 805. The molecule has 2 aromatic rings. The molecule has 7 heteroatoms. The van der Waals surface area contributed by atoms with E-state index in [0.29, 0.717) is 36.1 Å². The van der Waals surface area contributed by atoms with Crippen molar-refractivity contribution in [1.29, 1.82) is 5.26 Å². The maximum absolute atomic E-state index is 14.0. The van der Waals surface area contributed by atoms with Gasteiger partial charge in [0.15, 0.2) is 11.7 Å². The first-order valence-electron chi connectivity index (χ1n) is 9.27. The molecule has 0 unspecified atom stereocenters. The molecule has 1 heterocycles. The van der Waals surface area contributed by atoms with Crippen molar-refractivity contribution in [2.45, 2.75) is 52.6 Å². The second-order valence-electron chi connectivity index (χ2n) is 6.20. The fraction of sp³-hybridized carbons (Fsp3) is 0.450. The Kier molecular flexibility index (Phi) is 7.80. The predicted molar refractivity (Wildman–Crippen MR) is 103 cm³/mol. The summed E-state index contributed by atoms with van der Waals surface area (Å²) in [5.41, 5.74) is 1.70. The number of hydrogen-bond acceptors (Lipinski definition) is 4. The highest BCUT2D eigenvalue weighted by Gasteiger charge is 2.13. The van der Waals surface area contributed by atoms with Crippen LogP contribution in [0.4, 0.5) is 4.39 Å². The Balaban J connectivity index is 2.01. The molecule has 0 bridgehead atoms. The smallest absolute Gasteiger partial charge is 0.191 e. The molecule has 27 heavy (non-hydrogen) atoms. The standard InChI is InChI=1S/C20H26FN5O/c1-4-15(5-2)19-10-17(27-26-19)13-25-20(23-6-3)24-12-16-8-7-14(11-22)9-18(16)21/h7-10,15H,4-6,12-13H2,1-3H3,(H2,23,24,25). The fourth-order valence-corrected chi connectivity index (χ4v) is 2.73. The van der Waals surface area contributed by atoms with Crippen molar-refractivity contribution in [2.24, 2.45) is 4.99 Å². The van der Waals surface area contributed by atoms with Crippen LogP contribution in [-0.2, 0) is 13.1 Å². The first-order valence-corrected chi connectivity index (χ1v) is 9.27. The molecule has 0 aliphatic heterocycles. The Labute approximate surface area is 159 Å². The maximum Gasteiger partial charge on any atom is 0.191 e. The van der Waals surface area contributed by atoms with Gasteiger partial charge in [-0.3, -0.25) is 0 Å². The molecule has 0 aliphatic rings. The topological polar surface area (TPSA) is 86.2 Å². The number of nitriles is 1. The van der Waals surface area contributed by atoms with E-state index >= 15 is 0 Å². The first kappa shape index (κ1) is 20.4. The van der Waals surface area contributed by atoms with Gasteiger partial charge in [0.05, 0.1) is 30.4 Å². The van der Waals surface area contributed by atoms with Crippen LogP contribution >= 0.6 is 0 Å². The van der Waals surface area contributed by atoms with Gasteiger partial charge in [-0.25, -0.2) is 9.38 Å². The van der Waals surface area contributed by atoms with Gasteiger partial charge in [0.2, 0.25) is 0 Å². The van der Waals surface area contributed by atoms with Crippen molar-refractivity contribution in [1.82, 2.24) is 15.8 Å². The maximum atomic E-state index is 14.0. The molecule has 0 fully saturated rings. The van der Waals surface area contributed by atoms with Crippen LogP contribution in [0.15, 0.2) is 33.8 Å². The highest BCUT2D eigenvalue weighted by molar-refractivity contribution is 5.79. The van der Waals surface area contributed by atoms with E-state index in [-0.39, 0.29) is 6.54 Å². The van der Waals surface area contributed by atoms with Gasteiger partial charge in [0, 0.05) is 24.1 Å². The molecule has 144 valence electrons. The van der Waals surface area contributed by atoms with Crippen LogP contribution < -0.4 is 10.6 Å². The van der Waals surface area contributed by atoms with Gasteiger partial charge < -0.3 is 15.2 Å². The van der Waals surface area contributed by atoms with Crippen molar-refractivity contribution in [2.75, 3.05) is 6.54 Å². The van der Waals surface area contributed by atoms with Crippen LogP contribution in [0.1, 0.15) is 62.1 Å². The molecule has 2 N–H and O–H groups in total. The zero-order valence-electron chi connectivity index (χ0n) is 16.1. The number of halogens is 1. The molecule has 0 amide bonds. The van der Waals surface area contributed by atoms with Gasteiger partial charge in [0.1, 0.15) is 5.82 Å². The van der Waals surface area contributed by atoms with Crippen molar-refractivity contribution in [3.05, 3.63) is 52.7 Å². The molecule has 1 aromatic heterocycles. The van der Waals surface area contributed by atoms with Crippen LogP contribution in [-0.4, -0.2) is 17.7 Å². The van der Waals surface area contributed by atoms with Crippen molar-refractivity contribution in [3.8, 4) is 6.07 Å². The average Bonchev–Trinajstić information content (AvgIpc) is 3.14.